The lowest BCUT2D eigenvalue weighted by molar-refractivity contribution is -0.385. The first-order valence-corrected chi connectivity index (χ1v) is 10.1. The summed E-state index contributed by atoms with van der Waals surface area (Å²) in [6.45, 7) is 5.71. The Morgan fingerprint density at radius 2 is 1.82 bits per heavy atom. The number of nitrogens with zero attached hydrogens (tertiary/aromatic N) is 2. The molecule has 28 heavy (non-hydrogen) atoms. The molecule has 8 nitrogen and oxygen atoms in total. The molecule has 0 bridgehead atoms. The van der Waals surface area contributed by atoms with Crippen molar-refractivity contribution in [2.75, 3.05) is 20.8 Å². The van der Waals surface area contributed by atoms with Crippen LogP contribution in [0, 0.1) is 24.0 Å². The molecule has 0 aliphatic heterocycles. The Hall–Kier alpha value is -2.65. The summed E-state index contributed by atoms with van der Waals surface area (Å²) in [6, 6.07) is 7.66. The molecule has 0 aliphatic rings. The SMILES string of the molecule is CCOc1ccc(CN(C)S(=O)(=O)c2cc([N+](=O)[O-])cc(C)c2C)cc1OC. The zero-order valence-electron chi connectivity index (χ0n) is 16.6. The van der Waals surface area contributed by atoms with Gasteiger partial charge in [0.05, 0.1) is 23.5 Å². The van der Waals surface area contributed by atoms with Gasteiger partial charge in [-0.15, -0.1) is 0 Å². The molecule has 2 aromatic carbocycles. The van der Waals surface area contributed by atoms with Crippen LogP contribution in [-0.2, 0) is 16.6 Å². The van der Waals surface area contributed by atoms with E-state index in [1.807, 2.05) is 6.92 Å². The molecule has 0 unspecified atom stereocenters. The van der Waals surface area contributed by atoms with Crippen LogP contribution in [0.3, 0.4) is 0 Å². The van der Waals surface area contributed by atoms with Gasteiger partial charge in [-0.3, -0.25) is 10.1 Å². The fraction of sp³-hybridized carbons (Fsp3) is 0.368. The van der Waals surface area contributed by atoms with Gasteiger partial charge in [0.1, 0.15) is 0 Å². The number of nitro groups is 1. The smallest absolute Gasteiger partial charge is 0.271 e. The number of ether oxygens (including phenoxy) is 2. The molecule has 0 atom stereocenters. The Kier molecular flexibility index (Phi) is 6.63. The Morgan fingerprint density at radius 3 is 2.39 bits per heavy atom. The lowest BCUT2D eigenvalue weighted by Gasteiger charge is -2.20. The van der Waals surface area contributed by atoms with Gasteiger partial charge in [-0.05, 0) is 49.6 Å². The summed E-state index contributed by atoms with van der Waals surface area (Å²) in [5.41, 5.74) is 1.48. The van der Waals surface area contributed by atoms with Crippen LogP contribution in [0.5, 0.6) is 11.5 Å². The van der Waals surface area contributed by atoms with Gasteiger partial charge in [-0.25, -0.2) is 8.42 Å². The Bertz CT molecular complexity index is 988. The van der Waals surface area contributed by atoms with Crippen LogP contribution in [0.4, 0.5) is 5.69 Å². The highest BCUT2D eigenvalue weighted by molar-refractivity contribution is 7.89. The third-order valence-electron chi connectivity index (χ3n) is 4.44. The summed E-state index contributed by atoms with van der Waals surface area (Å²) in [4.78, 5) is 10.5. The second-order valence-electron chi connectivity index (χ2n) is 6.32. The molecule has 2 aromatic rings. The van der Waals surface area contributed by atoms with Crippen LogP contribution in [-0.4, -0.2) is 38.4 Å². The number of non-ortho nitro benzene ring substituents is 1. The summed E-state index contributed by atoms with van der Waals surface area (Å²) in [6.07, 6.45) is 0. The average molecular weight is 408 g/mol. The fourth-order valence-corrected chi connectivity index (χ4v) is 4.25. The number of rotatable bonds is 8. The predicted octanol–water partition coefficient (Wildman–Crippen LogP) is 3.44. The summed E-state index contributed by atoms with van der Waals surface area (Å²) < 4.78 is 38.0. The minimum absolute atomic E-state index is 0.0698. The second-order valence-corrected chi connectivity index (χ2v) is 8.34. The average Bonchev–Trinajstić information content (AvgIpc) is 2.64. The molecule has 0 radical (unpaired) electrons. The maximum atomic E-state index is 13.1. The van der Waals surface area contributed by atoms with Crippen LogP contribution in [0.15, 0.2) is 35.2 Å². The summed E-state index contributed by atoms with van der Waals surface area (Å²) in [5.74, 6) is 1.08. The van der Waals surface area contributed by atoms with E-state index in [2.05, 4.69) is 0 Å². The molecular weight excluding hydrogens is 384 g/mol. The standard InChI is InChI=1S/C19H24N2O6S/c1-6-27-17-8-7-15(10-18(17)26-5)12-20(4)28(24,25)19-11-16(21(22)23)9-13(2)14(19)3/h7-11H,6,12H2,1-5H3. The lowest BCUT2D eigenvalue weighted by Crippen LogP contribution is -2.27. The number of sulfonamides is 1. The zero-order chi connectivity index (χ0) is 21.1. The molecular formula is C19H24N2O6S. The Labute approximate surface area is 164 Å². The molecule has 0 heterocycles. The number of benzene rings is 2. The number of hydrogen-bond acceptors (Lipinski definition) is 6. The van der Waals surface area contributed by atoms with Gasteiger partial charge >= 0.3 is 0 Å². The van der Waals surface area contributed by atoms with E-state index in [0.29, 0.717) is 34.8 Å². The Morgan fingerprint density at radius 1 is 1.14 bits per heavy atom. The minimum atomic E-state index is -3.93. The van der Waals surface area contributed by atoms with E-state index in [9.17, 15) is 18.5 Å². The molecule has 0 N–H and O–H groups in total. The Balaban J connectivity index is 2.39. The predicted molar refractivity (Wildman–Crippen MR) is 105 cm³/mol. The number of aryl methyl sites for hydroxylation is 1. The molecule has 2 rings (SSSR count). The van der Waals surface area contributed by atoms with Crippen LogP contribution in [0.2, 0.25) is 0 Å². The maximum Gasteiger partial charge on any atom is 0.271 e. The van der Waals surface area contributed by atoms with E-state index in [4.69, 9.17) is 9.47 Å². The monoisotopic (exact) mass is 408 g/mol. The van der Waals surface area contributed by atoms with Crippen LogP contribution < -0.4 is 9.47 Å². The van der Waals surface area contributed by atoms with Gasteiger partial charge in [0.15, 0.2) is 11.5 Å². The maximum absolute atomic E-state index is 13.1. The van der Waals surface area contributed by atoms with Crippen LogP contribution in [0.1, 0.15) is 23.6 Å². The van der Waals surface area contributed by atoms with Crippen molar-refractivity contribution in [1.29, 1.82) is 0 Å². The summed E-state index contributed by atoms with van der Waals surface area (Å²) in [7, 11) is -0.982. The third kappa shape index (κ3) is 4.42. The molecule has 0 saturated heterocycles. The highest BCUT2D eigenvalue weighted by Gasteiger charge is 2.26. The van der Waals surface area contributed by atoms with E-state index in [1.54, 1.807) is 32.0 Å². The van der Waals surface area contributed by atoms with Gasteiger partial charge in [0.2, 0.25) is 10.0 Å². The first kappa shape index (κ1) is 21.6. The van der Waals surface area contributed by atoms with Crippen molar-refractivity contribution in [2.45, 2.75) is 32.2 Å². The minimum Gasteiger partial charge on any atom is -0.493 e. The summed E-state index contributed by atoms with van der Waals surface area (Å²) >= 11 is 0. The highest BCUT2D eigenvalue weighted by Crippen LogP contribution is 2.31. The van der Waals surface area contributed by atoms with E-state index >= 15 is 0 Å². The van der Waals surface area contributed by atoms with Crippen molar-refractivity contribution in [3.8, 4) is 11.5 Å². The van der Waals surface area contributed by atoms with Gasteiger partial charge in [-0.1, -0.05) is 6.07 Å². The van der Waals surface area contributed by atoms with Crippen molar-refractivity contribution in [2.24, 2.45) is 0 Å². The first-order chi connectivity index (χ1) is 13.1. The van der Waals surface area contributed by atoms with Crippen LogP contribution in [0.25, 0.3) is 0 Å². The molecule has 152 valence electrons. The van der Waals surface area contributed by atoms with Gasteiger partial charge < -0.3 is 9.47 Å². The fourth-order valence-electron chi connectivity index (χ4n) is 2.78. The van der Waals surface area contributed by atoms with Crippen molar-refractivity contribution < 1.29 is 22.8 Å². The highest BCUT2D eigenvalue weighted by atomic mass is 32.2. The molecule has 0 amide bonds. The first-order valence-electron chi connectivity index (χ1n) is 8.63. The number of hydrogen-bond donors (Lipinski definition) is 0. The molecule has 0 spiro atoms. The largest absolute Gasteiger partial charge is 0.493 e. The second kappa shape index (κ2) is 8.57. The van der Waals surface area contributed by atoms with Gasteiger partial charge in [0, 0.05) is 25.7 Å². The molecule has 0 aromatic heterocycles. The quantitative estimate of drug-likeness (QED) is 0.490. The van der Waals surface area contributed by atoms with Crippen molar-refractivity contribution in [3.63, 3.8) is 0 Å². The molecule has 9 heteroatoms. The van der Waals surface area contributed by atoms with E-state index in [-0.39, 0.29) is 17.1 Å². The molecule has 0 saturated carbocycles. The third-order valence-corrected chi connectivity index (χ3v) is 6.37. The van der Waals surface area contributed by atoms with Gasteiger partial charge in [0.25, 0.3) is 5.69 Å². The van der Waals surface area contributed by atoms with Gasteiger partial charge in [-0.2, -0.15) is 4.31 Å². The van der Waals surface area contributed by atoms with E-state index in [1.165, 1.54) is 20.2 Å². The molecule has 0 fully saturated rings. The summed E-state index contributed by atoms with van der Waals surface area (Å²) in [5, 5.41) is 11.1. The van der Waals surface area contributed by atoms with Crippen molar-refractivity contribution in [1.82, 2.24) is 4.31 Å². The van der Waals surface area contributed by atoms with Crippen molar-refractivity contribution in [3.05, 3.63) is 57.1 Å². The number of nitro benzene ring substituents is 1. The van der Waals surface area contributed by atoms with Crippen molar-refractivity contribution >= 4 is 15.7 Å². The molecule has 0 aliphatic carbocycles. The topological polar surface area (TPSA) is 99.0 Å². The van der Waals surface area contributed by atoms with E-state index < -0.39 is 14.9 Å². The number of methoxy groups -OCH3 is 1. The zero-order valence-corrected chi connectivity index (χ0v) is 17.4. The van der Waals surface area contributed by atoms with Crippen LogP contribution >= 0.6 is 0 Å². The normalized spacial score (nSPS) is 11.5. The van der Waals surface area contributed by atoms with E-state index in [0.717, 1.165) is 10.4 Å². The lowest BCUT2D eigenvalue weighted by atomic mass is 10.1.